The second-order valence-corrected chi connectivity index (χ2v) is 4.13. The smallest absolute Gasteiger partial charge is 0.239 e. The summed E-state index contributed by atoms with van der Waals surface area (Å²) in [7, 11) is 0. The average Bonchev–Trinajstić information content (AvgIpc) is 2.16. The third-order valence-electron chi connectivity index (χ3n) is 2.64. The molecule has 4 nitrogen and oxygen atoms in total. The molecule has 1 fully saturated rings. The Balaban J connectivity index is 2.49. The SMILES string of the molecule is CC(C)C(N)C(=O)N1CCC(=O)CC1. The van der Waals surface area contributed by atoms with Crippen molar-refractivity contribution in [2.24, 2.45) is 11.7 Å². The summed E-state index contributed by atoms with van der Waals surface area (Å²) >= 11 is 0. The maximum atomic E-state index is 11.7. The highest BCUT2D eigenvalue weighted by atomic mass is 16.2. The lowest BCUT2D eigenvalue weighted by molar-refractivity contribution is -0.136. The number of rotatable bonds is 2. The van der Waals surface area contributed by atoms with Crippen LogP contribution in [0.3, 0.4) is 0 Å². The van der Waals surface area contributed by atoms with E-state index in [0.717, 1.165) is 0 Å². The van der Waals surface area contributed by atoms with Crippen molar-refractivity contribution >= 4 is 11.7 Å². The van der Waals surface area contributed by atoms with Gasteiger partial charge in [-0.05, 0) is 5.92 Å². The minimum atomic E-state index is -0.428. The number of hydrogen-bond donors (Lipinski definition) is 1. The van der Waals surface area contributed by atoms with Crippen molar-refractivity contribution in [1.82, 2.24) is 4.90 Å². The third-order valence-corrected chi connectivity index (χ3v) is 2.64. The Morgan fingerprint density at radius 3 is 2.29 bits per heavy atom. The second-order valence-electron chi connectivity index (χ2n) is 4.13. The molecule has 1 amide bonds. The lowest BCUT2D eigenvalue weighted by atomic mass is 10.0. The molecule has 0 saturated carbocycles. The van der Waals surface area contributed by atoms with E-state index in [1.165, 1.54) is 0 Å². The van der Waals surface area contributed by atoms with Gasteiger partial charge in [-0.2, -0.15) is 0 Å². The van der Waals surface area contributed by atoms with Gasteiger partial charge in [0.2, 0.25) is 5.91 Å². The van der Waals surface area contributed by atoms with Crippen LogP contribution in [0.4, 0.5) is 0 Å². The van der Waals surface area contributed by atoms with Crippen molar-refractivity contribution in [2.75, 3.05) is 13.1 Å². The molecule has 1 unspecified atom stereocenters. The van der Waals surface area contributed by atoms with Crippen LogP contribution in [-0.4, -0.2) is 35.7 Å². The van der Waals surface area contributed by atoms with Crippen molar-refractivity contribution in [2.45, 2.75) is 32.7 Å². The van der Waals surface area contributed by atoms with Gasteiger partial charge in [0.1, 0.15) is 5.78 Å². The molecular formula is C10H18N2O2. The van der Waals surface area contributed by atoms with Crippen molar-refractivity contribution < 1.29 is 9.59 Å². The van der Waals surface area contributed by atoms with Crippen molar-refractivity contribution in [3.63, 3.8) is 0 Å². The van der Waals surface area contributed by atoms with Gasteiger partial charge in [-0.25, -0.2) is 0 Å². The van der Waals surface area contributed by atoms with Crippen molar-refractivity contribution in [3.8, 4) is 0 Å². The zero-order valence-corrected chi connectivity index (χ0v) is 8.82. The maximum Gasteiger partial charge on any atom is 0.239 e. The number of hydrogen-bond acceptors (Lipinski definition) is 3. The summed E-state index contributed by atoms with van der Waals surface area (Å²) in [5, 5.41) is 0. The van der Waals surface area contributed by atoms with E-state index in [1.54, 1.807) is 4.90 Å². The van der Waals surface area contributed by atoms with E-state index in [0.29, 0.717) is 25.9 Å². The quantitative estimate of drug-likeness (QED) is 0.687. The molecule has 0 aliphatic carbocycles. The van der Waals surface area contributed by atoms with E-state index < -0.39 is 6.04 Å². The summed E-state index contributed by atoms with van der Waals surface area (Å²) in [6, 6.07) is -0.428. The summed E-state index contributed by atoms with van der Waals surface area (Å²) in [4.78, 5) is 24.4. The van der Waals surface area contributed by atoms with Gasteiger partial charge < -0.3 is 10.6 Å². The number of Topliss-reactive ketones (excluding diaryl/α,β-unsaturated/α-hetero) is 1. The van der Waals surface area contributed by atoms with Gasteiger partial charge in [-0.1, -0.05) is 13.8 Å². The zero-order valence-electron chi connectivity index (χ0n) is 8.82. The van der Waals surface area contributed by atoms with Crippen LogP contribution < -0.4 is 5.73 Å². The van der Waals surface area contributed by atoms with Gasteiger partial charge in [0.15, 0.2) is 0 Å². The predicted octanol–water partition coefficient (Wildman–Crippen LogP) is 0.161. The van der Waals surface area contributed by atoms with E-state index in [1.807, 2.05) is 13.8 Å². The monoisotopic (exact) mass is 198 g/mol. The van der Waals surface area contributed by atoms with E-state index >= 15 is 0 Å². The first-order valence-corrected chi connectivity index (χ1v) is 5.08. The third kappa shape index (κ3) is 2.54. The summed E-state index contributed by atoms with van der Waals surface area (Å²) in [5.74, 6) is 0.375. The summed E-state index contributed by atoms with van der Waals surface area (Å²) < 4.78 is 0. The maximum absolute atomic E-state index is 11.7. The highest BCUT2D eigenvalue weighted by Gasteiger charge is 2.26. The van der Waals surface area contributed by atoms with Crippen LogP contribution in [-0.2, 0) is 9.59 Å². The Bertz CT molecular complexity index is 228. The molecule has 2 N–H and O–H groups in total. The van der Waals surface area contributed by atoms with Crippen LogP contribution >= 0.6 is 0 Å². The lowest BCUT2D eigenvalue weighted by Gasteiger charge is -2.29. The summed E-state index contributed by atoms with van der Waals surface area (Å²) in [5.41, 5.74) is 5.75. The topological polar surface area (TPSA) is 63.4 Å². The van der Waals surface area contributed by atoms with E-state index in [9.17, 15) is 9.59 Å². The normalized spacial score (nSPS) is 20.0. The Kier molecular flexibility index (Phi) is 3.63. The van der Waals surface area contributed by atoms with Gasteiger partial charge in [0, 0.05) is 25.9 Å². The Hall–Kier alpha value is -0.900. The fourth-order valence-electron chi connectivity index (χ4n) is 1.47. The number of nitrogens with two attached hydrogens (primary N) is 1. The number of carbonyl (C=O) groups excluding carboxylic acids is 2. The molecule has 0 radical (unpaired) electrons. The summed E-state index contributed by atoms with van der Waals surface area (Å²) in [6.07, 6.45) is 0.965. The largest absolute Gasteiger partial charge is 0.340 e. The number of piperidine rings is 1. The molecule has 0 aromatic rings. The Labute approximate surface area is 84.4 Å². The van der Waals surface area contributed by atoms with Gasteiger partial charge in [-0.3, -0.25) is 9.59 Å². The van der Waals surface area contributed by atoms with Crippen molar-refractivity contribution in [3.05, 3.63) is 0 Å². The Morgan fingerprint density at radius 1 is 1.36 bits per heavy atom. The van der Waals surface area contributed by atoms with E-state index in [-0.39, 0.29) is 17.6 Å². The highest BCUT2D eigenvalue weighted by molar-refractivity contribution is 5.85. The van der Waals surface area contributed by atoms with Crippen LogP contribution in [0.15, 0.2) is 0 Å². The van der Waals surface area contributed by atoms with E-state index in [2.05, 4.69) is 0 Å². The minimum absolute atomic E-state index is 0.0208. The molecule has 1 heterocycles. The molecule has 1 rings (SSSR count). The standard InChI is InChI=1S/C10H18N2O2/c1-7(2)9(11)10(14)12-5-3-8(13)4-6-12/h7,9H,3-6,11H2,1-2H3. The molecular weight excluding hydrogens is 180 g/mol. The lowest BCUT2D eigenvalue weighted by Crippen LogP contribution is -2.49. The first kappa shape index (κ1) is 11.2. The fourth-order valence-corrected chi connectivity index (χ4v) is 1.47. The highest BCUT2D eigenvalue weighted by Crippen LogP contribution is 2.09. The molecule has 0 aromatic heterocycles. The molecule has 1 aliphatic heterocycles. The number of likely N-dealkylation sites (tertiary alicyclic amines) is 1. The molecule has 1 aliphatic rings. The van der Waals surface area contributed by atoms with Gasteiger partial charge in [-0.15, -0.1) is 0 Å². The van der Waals surface area contributed by atoms with E-state index in [4.69, 9.17) is 5.73 Å². The molecule has 0 bridgehead atoms. The zero-order chi connectivity index (χ0) is 10.7. The van der Waals surface area contributed by atoms with Gasteiger partial charge in [0.05, 0.1) is 6.04 Å². The molecule has 1 atom stereocenters. The van der Waals surface area contributed by atoms with Crippen LogP contribution in [0.2, 0.25) is 0 Å². The number of nitrogens with zero attached hydrogens (tertiary/aromatic N) is 1. The molecule has 0 spiro atoms. The van der Waals surface area contributed by atoms with Crippen LogP contribution in [0, 0.1) is 5.92 Å². The molecule has 1 saturated heterocycles. The minimum Gasteiger partial charge on any atom is -0.340 e. The fraction of sp³-hybridized carbons (Fsp3) is 0.800. The molecule has 14 heavy (non-hydrogen) atoms. The second kappa shape index (κ2) is 4.55. The van der Waals surface area contributed by atoms with Crippen LogP contribution in [0.25, 0.3) is 0 Å². The van der Waals surface area contributed by atoms with Crippen LogP contribution in [0.1, 0.15) is 26.7 Å². The summed E-state index contributed by atoms with van der Waals surface area (Å²) in [6.45, 7) is 4.94. The molecule has 0 aromatic carbocycles. The van der Waals surface area contributed by atoms with Crippen LogP contribution in [0.5, 0.6) is 0 Å². The van der Waals surface area contributed by atoms with Gasteiger partial charge >= 0.3 is 0 Å². The average molecular weight is 198 g/mol. The Morgan fingerprint density at radius 2 is 1.86 bits per heavy atom. The molecule has 80 valence electrons. The number of amides is 1. The van der Waals surface area contributed by atoms with Crippen molar-refractivity contribution in [1.29, 1.82) is 0 Å². The first-order chi connectivity index (χ1) is 6.52. The number of carbonyl (C=O) groups is 2. The first-order valence-electron chi connectivity index (χ1n) is 5.08. The number of ketones is 1. The predicted molar refractivity (Wildman–Crippen MR) is 53.6 cm³/mol. The molecule has 4 heteroatoms. The van der Waals surface area contributed by atoms with Gasteiger partial charge in [0.25, 0.3) is 0 Å².